The van der Waals surface area contributed by atoms with E-state index in [2.05, 4.69) is 70.5 Å². The van der Waals surface area contributed by atoms with Gasteiger partial charge in [0.15, 0.2) is 0 Å². The van der Waals surface area contributed by atoms with Crippen LogP contribution < -0.4 is 9.64 Å². The number of hydrogen-bond acceptors (Lipinski definition) is 5. The third-order valence-electron chi connectivity index (χ3n) is 6.72. The van der Waals surface area contributed by atoms with E-state index >= 15 is 0 Å². The number of rotatable bonds is 6. The third-order valence-corrected chi connectivity index (χ3v) is 6.72. The van der Waals surface area contributed by atoms with Crippen molar-refractivity contribution in [3.63, 3.8) is 0 Å². The van der Waals surface area contributed by atoms with E-state index in [0.717, 1.165) is 49.6 Å². The molecule has 5 heteroatoms. The van der Waals surface area contributed by atoms with Crippen LogP contribution in [0.3, 0.4) is 0 Å². The second-order valence-electron chi connectivity index (χ2n) is 8.77. The van der Waals surface area contributed by atoms with Gasteiger partial charge in [-0.1, -0.05) is 72.8 Å². The van der Waals surface area contributed by atoms with Crippen molar-refractivity contribution in [3.8, 4) is 5.75 Å². The normalized spacial score (nSPS) is 21.0. The molecule has 0 bridgehead atoms. The molecule has 0 amide bonds. The van der Waals surface area contributed by atoms with Crippen molar-refractivity contribution in [2.45, 2.75) is 11.7 Å². The highest BCUT2D eigenvalue weighted by Crippen LogP contribution is 2.38. The van der Waals surface area contributed by atoms with E-state index in [-0.39, 0.29) is 6.10 Å². The molecule has 2 saturated heterocycles. The Labute approximate surface area is 196 Å². The molecule has 5 nitrogen and oxygen atoms in total. The molecule has 1 unspecified atom stereocenters. The molecule has 2 fully saturated rings. The molecule has 5 rings (SSSR count). The minimum Gasteiger partial charge on any atom is -0.495 e. The lowest BCUT2D eigenvalue weighted by Crippen LogP contribution is -2.53. The van der Waals surface area contributed by atoms with Crippen molar-refractivity contribution < 1.29 is 14.2 Å². The maximum absolute atomic E-state index is 6.90. The number of methoxy groups -OCH3 is 1. The van der Waals surface area contributed by atoms with Gasteiger partial charge in [-0.2, -0.15) is 0 Å². The van der Waals surface area contributed by atoms with Gasteiger partial charge < -0.3 is 19.1 Å². The highest BCUT2D eigenvalue weighted by molar-refractivity contribution is 5.58. The number of para-hydroxylation sites is 2. The van der Waals surface area contributed by atoms with Crippen molar-refractivity contribution >= 4 is 5.69 Å². The molecule has 0 aliphatic carbocycles. The molecule has 0 radical (unpaired) electrons. The number of ether oxygens (including phenoxy) is 3. The number of hydrogen-bond donors (Lipinski definition) is 0. The Bertz CT molecular complexity index is 980. The summed E-state index contributed by atoms with van der Waals surface area (Å²) in [5.41, 5.74) is 2.87. The Kier molecular flexibility index (Phi) is 6.63. The first-order valence-electron chi connectivity index (χ1n) is 11.8. The van der Waals surface area contributed by atoms with E-state index < -0.39 is 5.60 Å². The zero-order valence-corrected chi connectivity index (χ0v) is 19.2. The monoisotopic (exact) mass is 444 g/mol. The lowest BCUT2D eigenvalue weighted by molar-refractivity contribution is -0.189. The van der Waals surface area contributed by atoms with E-state index in [4.69, 9.17) is 14.2 Å². The Morgan fingerprint density at radius 2 is 1.42 bits per heavy atom. The topological polar surface area (TPSA) is 34.2 Å². The lowest BCUT2D eigenvalue weighted by atomic mass is 9.86. The summed E-state index contributed by atoms with van der Waals surface area (Å²) in [7, 11) is 1.74. The zero-order chi connectivity index (χ0) is 22.5. The van der Waals surface area contributed by atoms with E-state index in [9.17, 15) is 0 Å². The fraction of sp³-hybridized carbons (Fsp3) is 0.357. The molecule has 0 aromatic heterocycles. The maximum Gasteiger partial charge on any atom is 0.142 e. The van der Waals surface area contributed by atoms with Crippen LogP contribution in [0.4, 0.5) is 5.69 Å². The van der Waals surface area contributed by atoms with Crippen LogP contribution in [0.15, 0.2) is 84.9 Å². The van der Waals surface area contributed by atoms with E-state index in [1.165, 1.54) is 5.69 Å². The van der Waals surface area contributed by atoms with Crippen LogP contribution in [0.25, 0.3) is 0 Å². The van der Waals surface area contributed by atoms with Gasteiger partial charge in [-0.15, -0.1) is 0 Å². The summed E-state index contributed by atoms with van der Waals surface area (Å²) in [6.07, 6.45) is 0.0111. The molecule has 33 heavy (non-hydrogen) atoms. The summed E-state index contributed by atoms with van der Waals surface area (Å²) in [6.45, 7) is 5.92. The van der Waals surface area contributed by atoms with Crippen LogP contribution >= 0.6 is 0 Å². The Hall–Kier alpha value is -2.86. The standard InChI is InChI=1S/C28H32N2O3/c1-31-27-15-9-8-14-26(27)30-18-16-29(17-19-30)20-25-21-32-22-28(33-25,23-10-4-2-5-11-23)24-12-6-3-7-13-24/h2-15,25H,16-22H2,1H3. The molecular weight excluding hydrogens is 412 g/mol. The summed E-state index contributed by atoms with van der Waals surface area (Å²) in [6, 6.07) is 29.2. The van der Waals surface area contributed by atoms with Gasteiger partial charge in [-0.05, 0) is 23.3 Å². The molecule has 3 aromatic rings. The van der Waals surface area contributed by atoms with Crippen molar-refractivity contribution in [3.05, 3.63) is 96.1 Å². The zero-order valence-electron chi connectivity index (χ0n) is 19.2. The molecule has 2 aliphatic heterocycles. The SMILES string of the molecule is COc1ccccc1N1CCN(CC2COCC(c3ccccc3)(c3ccccc3)O2)CC1. The molecule has 2 aliphatic rings. The van der Waals surface area contributed by atoms with E-state index in [1.807, 2.05) is 24.3 Å². The van der Waals surface area contributed by atoms with Crippen molar-refractivity contribution in [1.82, 2.24) is 4.90 Å². The molecule has 172 valence electrons. The predicted molar refractivity (Wildman–Crippen MR) is 131 cm³/mol. The summed E-state index contributed by atoms with van der Waals surface area (Å²) in [5.74, 6) is 0.936. The van der Waals surface area contributed by atoms with Crippen molar-refractivity contribution in [1.29, 1.82) is 0 Å². The van der Waals surface area contributed by atoms with E-state index in [0.29, 0.717) is 13.2 Å². The quantitative estimate of drug-likeness (QED) is 0.570. The predicted octanol–water partition coefficient (Wildman–Crippen LogP) is 4.18. The molecule has 0 spiro atoms. The van der Waals surface area contributed by atoms with Gasteiger partial charge in [0.2, 0.25) is 0 Å². The van der Waals surface area contributed by atoms with Gasteiger partial charge in [0.1, 0.15) is 11.4 Å². The summed E-state index contributed by atoms with van der Waals surface area (Å²) in [4.78, 5) is 4.90. The van der Waals surface area contributed by atoms with Crippen LogP contribution in [0, 0.1) is 0 Å². The Morgan fingerprint density at radius 1 is 0.818 bits per heavy atom. The van der Waals surface area contributed by atoms with Crippen LogP contribution in [0.5, 0.6) is 5.75 Å². The van der Waals surface area contributed by atoms with Crippen LogP contribution in [0.2, 0.25) is 0 Å². The van der Waals surface area contributed by atoms with Gasteiger partial charge in [0, 0.05) is 32.7 Å². The van der Waals surface area contributed by atoms with E-state index in [1.54, 1.807) is 7.11 Å². The average Bonchev–Trinajstić information content (AvgIpc) is 2.90. The Morgan fingerprint density at radius 3 is 2.06 bits per heavy atom. The van der Waals surface area contributed by atoms with Gasteiger partial charge in [0.25, 0.3) is 0 Å². The van der Waals surface area contributed by atoms with Crippen LogP contribution in [-0.4, -0.2) is 64.1 Å². The fourth-order valence-corrected chi connectivity index (χ4v) is 5.01. The smallest absolute Gasteiger partial charge is 0.142 e. The van der Waals surface area contributed by atoms with Gasteiger partial charge in [-0.3, -0.25) is 4.90 Å². The second kappa shape index (κ2) is 9.96. The fourth-order valence-electron chi connectivity index (χ4n) is 5.01. The number of piperazine rings is 1. The third kappa shape index (κ3) is 4.62. The Balaban J connectivity index is 1.28. The molecule has 3 aromatic carbocycles. The van der Waals surface area contributed by atoms with Gasteiger partial charge >= 0.3 is 0 Å². The number of anilines is 1. The summed E-state index contributed by atoms with van der Waals surface area (Å²) in [5, 5.41) is 0. The minimum atomic E-state index is -0.579. The maximum atomic E-state index is 6.90. The summed E-state index contributed by atoms with van der Waals surface area (Å²) >= 11 is 0. The first-order chi connectivity index (χ1) is 16.3. The van der Waals surface area contributed by atoms with Crippen LogP contribution in [-0.2, 0) is 15.1 Å². The number of benzene rings is 3. The molecular formula is C28H32N2O3. The first-order valence-corrected chi connectivity index (χ1v) is 11.8. The lowest BCUT2D eigenvalue weighted by Gasteiger charge is -2.44. The first kappa shape index (κ1) is 22.0. The van der Waals surface area contributed by atoms with Crippen LogP contribution in [0.1, 0.15) is 11.1 Å². The van der Waals surface area contributed by atoms with Crippen molar-refractivity contribution in [2.24, 2.45) is 0 Å². The average molecular weight is 445 g/mol. The molecule has 1 atom stereocenters. The highest BCUT2D eigenvalue weighted by atomic mass is 16.6. The highest BCUT2D eigenvalue weighted by Gasteiger charge is 2.42. The van der Waals surface area contributed by atoms with Crippen molar-refractivity contribution in [2.75, 3.05) is 57.9 Å². The molecule has 0 N–H and O–H groups in total. The van der Waals surface area contributed by atoms with Gasteiger partial charge in [-0.25, -0.2) is 0 Å². The largest absolute Gasteiger partial charge is 0.495 e. The minimum absolute atomic E-state index is 0.0111. The second-order valence-corrected chi connectivity index (χ2v) is 8.77. The number of nitrogens with zero attached hydrogens (tertiary/aromatic N) is 2. The molecule has 2 heterocycles. The summed E-state index contributed by atoms with van der Waals surface area (Å²) < 4.78 is 18.6. The van der Waals surface area contributed by atoms with Gasteiger partial charge in [0.05, 0.1) is 32.1 Å². The molecule has 0 saturated carbocycles.